The number of aliphatic hydroxyl groups excluding tert-OH is 1. The molecule has 116 valence electrons. The predicted octanol–water partition coefficient (Wildman–Crippen LogP) is 1.60. The van der Waals surface area contributed by atoms with Crippen molar-refractivity contribution in [3.63, 3.8) is 0 Å². The Hall–Kier alpha value is -2.32. The minimum absolute atomic E-state index is 0.0272. The average Bonchev–Trinajstić information content (AvgIpc) is 2.98. The Bertz CT molecular complexity index is 647. The molecule has 8 heteroatoms. The molecule has 1 N–H and O–H groups in total. The number of nitrogens with zero attached hydrogens (tertiary/aromatic N) is 4. The first-order valence-corrected chi connectivity index (χ1v) is 7.09. The van der Waals surface area contributed by atoms with E-state index in [4.69, 9.17) is 4.52 Å². The SMILES string of the molecule is O=[N+]([O-])c1ccc(-c2noc(CN3CCC(O)CC3)n2)cc1. The maximum Gasteiger partial charge on any atom is 0.269 e. The van der Waals surface area contributed by atoms with Crippen molar-refractivity contribution < 1.29 is 14.6 Å². The number of benzene rings is 1. The lowest BCUT2D eigenvalue weighted by Crippen LogP contribution is -2.35. The van der Waals surface area contributed by atoms with Gasteiger partial charge in [0.2, 0.25) is 11.7 Å². The second-order valence-corrected chi connectivity index (χ2v) is 5.32. The lowest BCUT2D eigenvalue weighted by Gasteiger charge is -2.27. The van der Waals surface area contributed by atoms with Crippen LogP contribution in [0.2, 0.25) is 0 Å². The van der Waals surface area contributed by atoms with Gasteiger partial charge in [-0.25, -0.2) is 0 Å². The second-order valence-electron chi connectivity index (χ2n) is 5.32. The highest BCUT2D eigenvalue weighted by Gasteiger charge is 2.19. The molecular weight excluding hydrogens is 288 g/mol. The summed E-state index contributed by atoms with van der Waals surface area (Å²) in [4.78, 5) is 16.7. The van der Waals surface area contributed by atoms with Crippen molar-refractivity contribution in [3.8, 4) is 11.4 Å². The predicted molar refractivity (Wildman–Crippen MR) is 76.9 cm³/mol. The van der Waals surface area contributed by atoms with Crippen LogP contribution in [-0.4, -0.2) is 44.3 Å². The van der Waals surface area contributed by atoms with E-state index >= 15 is 0 Å². The molecule has 0 unspecified atom stereocenters. The summed E-state index contributed by atoms with van der Waals surface area (Å²) in [6, 6.07) is 6.03. The topological polar surface area (TPSA) is 106 Å². The zero-order valence-corrected chi connectivity index (χ0v) is 11.9. The van der Waals surface area contributed by atoms with Gasteiger partial charge in [-0.05, 0) is 25.0 Å². The van der Waals surface area contributed by atoms with Gasteiger partial charge in [-0.2, -0.15) is 4.98 Å². The molecule has 1 aromatic carbocycles. The van der Waals surface area contributed by atoms with E-state index in [2.05, 4.69) is 15.0 Å². The number of aliphatic hydroxyl groups is 1. The van der Waals surface area contributed by atoms with Crippen LogP contribution in [0.5, 0.6) is 0 Å². The van der Waals surface area contributed by atoms with Crippen molar-refractivity contribution in [1.82, 2.24) is 15.0 Å². The Balaban J connectivity index is 1.66. The van der Waals surface area contributed by atoms with Gasteiger partial charge in [-0.3, -0.25) is 15.0 Å². The first-order chi connectivity index (χ1) is 10.6. The fraction of sp³-hybridized carbons (Fsp3) is 0.429. The van der Waals surface area contributed by atoms with Crippen LogP contribution < -0.4 is 0 Å². The van der Waals surface area contributed by atoms with E-state index in [9.17, 15) is 15.2 Å². The van der Waals surface area contributed by atoms with Gasteiger partial charge in [-0.15, -0.1) is 0 Å². The largest absolute Gasteiger partial charge is 0.393 e. The molecule has 1 aliphatic rings. The fourth-order valence-electron chi connectivity index (χ4n) is 2.44. The monoisotopic (exact) mass is 304 g/mol. The van der Waals surface area contributed by atoms with E-state index in [-0.39, 0.29) is 11.8 Å². The van der Waals surface area contributed by atoms with Gasteiger partial charge in [0, 0.05) is 30.8 Å². The van der Waals surface area contributed by atoms with Crippen molar-refractivity contribution in [2.24, 2.45) is 0 Å². The van der Waals surface area contributed by atoms with E-state index in [0.717, 1.165) is 25.9 Å². The van der Waals surface area contributed by atoms with Crippen LogP contribution in [0.15, 0.2) is 28.8 Å². The maximum absolute atomic E-state index is 10.6. The van der Waals surface area contributed by atoms with Crippen LogP contribution in [0.25, 0.3) is 11.4 Å². The molecule has 0 bridgehead atoms. The Labute approximate surface area is 126 Å². The second kappa shape index (κ2) is 6.20. The average molecular weight is 304 g/mol. The number of hydrogen-bond donors (Lipinski definition) is 1. The molecule has 2 aromatic rings. The zero-order chi connectivity index (χ0) is 15.5. The molecule has 1 saturated heterocycles. The van der Waals surface area contributed by atoms with E-state index in [0.29, 0.717) is 23.8 Å². The molecule has 1 aromatic heterocycles. The molecule has 0 saturated carbocycles. The summed E-state index contributed by atoms with van der Waals surface area (Å²) in [6.45, 7) is 2.15. The number of non-ortho nitro benzene ring substituents is 1. The van der Waals surface area contributed by atoms with Crippen LogP contribution in [0.4, 0.5) is 5.69 Å². The lowest BCUT2D eigenvalue weighted by atomic mass is 10.1. The first-order valence-electron chi connectivity index (χ1n) is 7.09. The van der Waals surface area contributed by atoms with E-state index in [1.807, 2.05) is 0 Å². The highest BCUT2D eigenvalue weighted by Crippen LogP contribution is 2.20. The van der Waals surface area contributed by atoms with Crippen LogP contribution in [0.1, 0.15) is 18.7 Å². The molecule has 3 rings (SSSR count). The van der Waals surface area contributed by atoms with Gasteiger partial charge in [0.25, 0.3) is 5.69 Å². The summed E-state index contributed by atoms with van der Waals surface area (Å²) in [5.74, 6) is 0.923. The van der Waals surface area contributed by atoms with Gasteiger partial charge in [-0.1, -0.05) is 5.16 Å². The molecular formula is C14H16N4O4. The minimum atomic E-state index is -0.448. The maximum atomic E-state index is 10.6. The first kappa shape index (κ1) is 14.6. The Kier molecular flexibility index (Phi) is 4.12. The van der Waals surface area contributed by atoms with Crippen molar-refractivity contribution in [2.45, 2.75) is 25.5 Å². The summed E-state index contributed by atoms with van der Waals surface area (Å²) in [5.41, 5.74) is 0.703. The lowest BCUT2D eigenvalue weighted by molar-refractivity contribution is -0.384. The van der Waals surface area contributed by atoms with Crippen molar-refractivity contribution in [3.05, 3.63) is 40.3 Å². The molecule has 0 atom stereocenters. The van der Waals surface area contributed by atoms with Gasteiger partial charge in [0.05, 0.1) is 17.6 Å². The number of aromatic nitrogens is 2. The van der Waals surface area contributed by atoms with Gasteiger partial charge in [0.1, 0.15) is 0 Å². The molecule has 8 nitrogen and oxygen atoms in total. The quantitative estimate of drug-likeness (QED) is 0.675. The zero-order valence-electron chi connectivity index (χ0n) is 11.9. The number of nitro groups is 1. The highest BCUT2D eigenvalue weighted by atomic mass is 16.6. The summed E-state index contributed by atoms with van der Waals surface area (Å²) < 4.78 is 5.23. The molecule has 1 aliphatic heterocycles. The van der Waals surface area contributed by atoms with Gasteiger partial charge in [0.15, 0.2) is 0 Å². The Morgan fingerprint density at radius 2 is 2.00 bits per heavy atom. The summed E-state index contributed by atoms with van der Waals surface area (Å²) in [6.07, 6.45) is 1.29. The van der Waals surface area contributed by atoms with Gasteiger partial charge >= 0.3 is 0 Å². The van der Waals surface area contributed by atoms with E-state index in [1.165, 1.54) is 12.1 Å². The molecule has 2 heterocycles. The van der Waals surface area contributed by atoms with Crippen LogP contribution in [0.3, 0.4) is 0 Å². The molecule has 0 aliphatic carbocycles. The van der Waals surface area contributed by atoms with Crippen molar-refractivity contribution in [2.75, 3.05) is 13.1 Å². The summed E-state index contributed by atoms with van der Waals surface area (Å²) >= 11 is 0. The summed E-state index contributed by atoms with van der Waals surface area (Å²) in [7, 11) is 0. The van der Waals surface area contributed by atoms with Crippen LogP contribution in [-0.2, 0) is 6.54 Å². The standard InChI is InChI=1S/C14H16N4O4/c19-12-5-7-17(8-6-12)9-13-15-14(16-22-13)10-1-3-11(4-2-10)18(20)21/h1-4,12,19H,5-9H2. The molecule has 0 amide bonds. The molecule has 22 heavy (non-hydrogen) atoms. The molecule has 0 spiro atoms. The Morgan fingerprint density at radius 3 is 2.64 bits per heavy atom. The third-order valence-electron chi connectivity index (χ3n) is 3.72. The van der Waals surface area contributed by atoms with Crippen LogP contribution in [0, 0.1) is 10.1 Å². The minimum Gasteiger partial charge on any atom is -0.393 e. The third-order valence-corrected chi connectivity index (χ3v) is 3.72. The van der Waals surface area contributed by atoms with Crippen LogP contribution >= 0.6 is 0 Å². The third kappa shape index (κ3) is 3.29. The van der Waals surface area contributed by atoms with Gasteiger partial charge < -0.3 is 9.63 Å². The number of hydrogen-bond acceptors (Lipinski definition) is 7. The molecule has 0 radical (unpaired) electrons. The Morgan fingerprint density at radius 1 is 1.32 bits per heavy atom. The summed E-state index contributed by atoms with van der Waals surface area (Å²) in [5, 5.41) is 24.0. The van der Waals surface area contributed by atoms with E-state index < -0.39 is 4.92 Å². The highest BCUT2D eigenvalue weighted by molar-refractivity contribution is 5.56. The number of piperidine rings is 1. The normalized spacial score (nSPS) is 16.8. The molecule has 1 fully saturated rings. The number of nitro benzene ring substituents is 1. The van der Waals surface area contributed by atoms with Crippen molar-refractivity contribution in [1.29, 1.82) is 0 Å². The number of rotatable bonds is 4. The fourth-order valence-corrected chi connectivity index (χ4v) is 2.44. The van der Waals surface area contributed by atoms with E-state index in [1.54, 1.807) is 12.1 Å². The smallest absolute Gasteiger partial charge is 0.269 e. The van der Waals surface area contributed by atoms with Crippen molar-refractivity contribution >= 4 is 5.69 Å². The number of likely N-dealkylation sites (tertiary alicyclic amines) is 1.